The quantitative estimate of drug-likeness (QED) is 0.807. The van der Waals surface area contributed by atoms with Gasteiger partial charge >= 0.3 is 0 Å². The number of nitrogens with two attached hydrogens (primary N) is 1. The largest absolute Gasteiger partial charge is 0.384 e. The maximum absolute atomic E-state index is 12.0. The van der Waals surface area contributed by atoms with Gasteiger partial charge in [0.1, 0.15) is 16.9 Å². The lowest BCUT2D eigenvalue weighted by atomic mass is 10.2. The smallest absolute Gasteiger partial charge is 0.179 e. The van der Waals surface area contributed by atoms with Gasteiger partial charge in [0.2, 0.25) is 0 Å². The normalized spacial score (nSPS) is 23.2. The number of sulfone groups is 1. The van der Waals surface area contributed by atoms with E-state index in [1.54, 1.807) is 12.1 Å². The second-order valence-corrected chi connectivity index (χ2v) is 6.88. The van der Waals surface area contributed by atoms with Gasteiger partial charge in [-0.1, -0.05) is 6.42 Å². The molecule has 0 aliphatic carbocycles. The van der Waals surface area contributed by atoms with Crippen LogP contribution >= 0.6 is 0 Å². The number of pyridine rings is 1. The fraction of sp³-hybridized carbons (Fsp3) is 0.455. The van der Waals surface area contributed by atoms with Crippen LogP contribution in [0, 0.1) is 0 Å². The number of aromatic amines is 1. The maximum Gasteiger partial charge on any atom is 0.179 e. The van der Waals surface area contributed by atoms with E-state index in [4.69, 9.17) is 5.73 Å². The van der Waals surface area contributed by atoms with Crippen LogP contribution in [-0.2, 0) is 9.84 Å². The minimum absolute atomic E-state index is 0.240. The SMILES string of the molecule is Nc1ccc2[nH]c(C3CCCCS3(=O)=O)nc2n1. The van der Waals surface area contributed by atoms with Crippen molar-refractivity contribution in [3.05, 3.63) is 18.0 Å². The Morgan fingerprint density at radius 1 is 1.28 bits per heavy atom. The predicted octanol–water partition coefficient (Wildman–Crippen LogP) is 1.18. The number of aromatic nitrogens is 3. The zero-order valence-corrected chi connectivity index (χ0v) is 10.6. The van der Waals surface area contributed by atoms with Gasteiger partial charge < -0.3 is 10.7 Å². The Bertz CT molecular complexity index is 692. The highest BCUT2D eigenvalue weighted by Gasteiger charge is 2.32. The van der Waals surface area contributed by atoms with Gasteiger partial charge in [-0.25, -0.2) is 18.4 Å². The highest BCUT2D eigenvalue weighted by Crippen LogP contribution is 2.32. The molecule has 1 fully saturated rings. The van der Waals surface area contributed by atoms with E-state index in [-0.39, 0.29) is 5.75 Å². The highest BCUT2D eigenvalue weighted by molar-refractivity contribution is 7.91. The number of hydrogen-bond acceptors (Lipinski definition) is 5. The first-order valence-corrected chi connectivity index (χ1v) is 7.61. The molecule has 1 unspecified atom stereocenters. The molecule has 0 saturated carbocycles. The van der Waals surface area contributed by atoms with Crippen molar-refractivity contribution in [1.29, 1.82) is 0 Å². The van der Waals surface area contributed by atoms with E-state index < -0.39 is 15.1 Å². The molecular formula is C11H14N4O2S. The van der Waals surface area contributed by atoms with E-state index in [0.29, 0.717) is 23.7 Å². The molecule has 0 amide bonds. The van der Waals surface area contributed by atoms with Gasteiger partial charge in [-0.3, -0.25) is 0 Å². The van der Waals surface area contributed by atoms with Crippen LogP contribution in [0.4, 0.5) is 5.82 Å². The number of nitrogen functional groups attached to an aromatic ring is 1. The Kier molecular flexibility index (Phi) is 2.51. The molecular weight excluding hydrogens is 252 g/mol. The van der Waals surface area contributed by atoms with Gasteiger partial charge in [0.25, 0.3) is 0 Å². The lowest BCUT2D eigenvalue weighted by Crippen LogP contribution is -2.22. The van der Waals surface area contributed by atoms with Gasteiger partial charge in [0.05, 0.1) is 11.3 Å². The van der Waals surface area contributed by atoms with Crippen molar-refractivity contribution in [2.45, 2.75) is 24.5 Å². The number of fused-ring (bicyclic) bond motifs is 1. The lowest BCUT2D eigenvalue weighted by molar-refractivity contribution is 0.540. The third kappa shape index (κ3) is 1.84. The zero-order valence-electron chi connectivity index (χ0n) is 9.76. The van der Waals surface area contributed by atoms with E-state index in [2.05, 4.69) is 15.0 Å². The van der Waals surface area contributed by atoms with Crippen LogP contribution in [0.3, 0.4) is 0 Å². The molecule has 0 bridgehead atoms. The van der Waals surface area contributed by atoms with Crippen molar-refractivity contribution < 1.29 is 8.42 Å². The van der Waals surface area contributed by atoms with Gasteiger partial charge in [-0.2, -0.15) is 0 Å². The van der Waals surface area contributed by atoms with E-state index >= 15 is 0 Å². The Labute approximate surface area is 105 Å². The molecule has 1 saturated heterocycles. The van der Waals surface area contributed by atoms with Crippen molar-refractivity contribution in [2.75, 3.05) is 11.5 Å². The molecule has 7 heteroatoms. The van der Waals surface area contributed by atoms with E-state index in [1.165, 1.54) is 0 Å². The topological polar surface area (TPSA) is 102 Å². The fourth-order valence-corrected chi connectivity index (χ4v) is 4.21. The Morgan fingerprint density at radius 2 is 2.11 bits per heavy atom. The molecule has 96 valence electrons. The third-order valence-electron chi connectivity index (χ3n) is 3.27. The monoisotopic (exact) mass is 266 g/mol. The molecule has 18 heavy (non-hydrogen) atoms. The Balaban J connectivity index is 2.08. The average molecular weight is 266 g/mol. The maximum atomic E-state index is 12.0. The van der Waals surface area contributed by atoms with E-state index in [1.807, 2.05) is 0 Å². The first-order chi connectivity index (χ1) is 8.56. The van der Waals surface area contributed by atoms with Crippen LogP contribution in [-0.4, -0.2) is 29.1 Å². The number of anilines is 1. The Hall–Kier alpha value is -1.63. The summed E-state index contributed by atoms with van der Waals surface area (Å²) in [6.07, 6.45) is 2.28. The van der Waals surface area contributed by atoms with Gasteiger partial charge in [-0.05, 0) is 25.0 Å². The van der Waals surface area contributed by atoms with Crippen LogP contribution in [0.25, 0.3) is 11.2 Å². The highest BCUT2D eigenvalue weighted by atomic mass is 32.2. The van der Waals surface area contributed by atoms with Crippen LogP contribution in [0.1, 0.15) is 30.3 Å². The summed E-state index contributed by atoms with van der Waals surface area (Å²) in [5.41, 5.74) is 6.78. The summed E-state index contributed by atoms with van der Waals surface area (Å²) in [6.45, 7) is 0. The second-order valence-electron chi connectivity index (χ2n) is 4.58. The molecule has 1 aliphatic rings. The number of nitrogens with zero attached hydrogens (tertiary/aromatic N) is 2. The van der Waals surface area contributed by atoms with Crippen molar-refractivity contribution in [2.24, 2.45) is 0 Å². The van der Waals surface area contributed by atoms with Gasteiger partial charge in [-0.15, -0.1) is 0 Å². The summed E-state index contributed by atoms with van der Waals surface area (Å²) in [5.74, 6) is 1.11. The van der Waals surface area contributed by atoms with E-state index in [0.717, 1.165) is 18.4 Å². The van der Waals surface area contributed by atoms with Crippen LogP contribution in [0.5, 0.6) is 0 Å². The molecule has 0 radical (unpaired) electrons. The number of hydrogen-bond donors (Lipinski definition) is 2. The van der Waals surface area contributed by atoms with Crippen molar-refractivity contribution in [3.8, 4) is 0 Å². The van der Waals surface area contributed by atoms with Crippen molar-refractivity contribution in [3.63, 3.8) is 0 Å². The van der Waals surface area contributed by atoms with Crippen molar-refractivity contribution in [1.82, 2.24) is 15.0 Å². The van der Waals surface area contributed by atoms with Gasteiger partial charge in [0.15, 0.2) is 15.5 Å². The summed E-state index contributed by atoms with van der Waals surface area (Å²) in [4.78, 5) is 11.4. The van der Waals surface area contributed by atoms with Crippen molar-refractivity contribution >= 4 is 26.8 Å². The molecule has 0 spiro atoms. The number of nitrogens with one attached hydrogen (secondary N) is 1. The third-order valence-corrected chi connectivity index (χ3v) is 5.45. The van der Waals surface area contributed by atoms with Crippen LogP contribution in [0.15, 0.2) is 12.1 Å². The Morgan fingerprint density at radius 3 is 2.89 bits per heavy atom. The molecule has 3 heterocycles. The summed E-state index contributed by atoms with van der Waals surface area (Å²) >= 11 is 0. The molecule has 3 N–H and O–H groups in total. The summed E-state index contributed by atoms with van der Waals surface area (Å²) in [7, 11) is -3.09. The molecule has 6 nitrogen and oxygen atoms in total. The first kappa shape index (κ1) is 11.5. The first-order valence-electron chi connectivity index (χ1n) is 5.90. The van der Waals surface area contributed by atoms with Gasteiger partial charge in [0, 0.05) is 0 Å². The molecule has 1 atom stereocenters. The number of imidazole rings is 1. The predicted molar refractivity (Wildman–Crippen MR) is 68.7 cm³/mol. The minimum Gasteiger partial charge on any atom is -0.384 e. The number of rotatable bonds is 1. The molecule has 3 rings (SSSR count). The van der Waals surface area contributed by atoms with E-state index in [9.17, 15) is 8.42 Å². The molecule has 0 aromatic carbocycles. The standard InChI is InChI=1S/C11H14N4O2S/c12-9-5-4-7-10(14-9)15-11(13-7)8-3-1-2-6-18(8,16)17/h4-5,8H,1-3,6H2,(H3,12,13,14,15). The fourth-order valence-electron chi connectivity index (χ4n) is 2.34. The molecule has 2 aromatic rings. The molecule has 1 aliphatic heterocycles. The lowest BCUT2D eigenvalue weighted by Gasteiger charge is -2.19. The van der Waals surface area contributed by atoms with Crippen LogP contribution < -0.4 is 5.73 Å². The number of H-pyrrole nitrogens is 1. The minimum atomic E-state index is -3.09. The summed E-state index contributed by atoms with van der Waals surface area (Å²) < 4.78 is 24.0. The summed E-state index contributed by atoms with van der Waals surface area (Å²) in [6, 6.07) is 3.43. The zero-order chi connectivity index (χ0) is 12.8. The van der Waals surface area contributed by atoms with Crippen LogP contribution in [0.2, 0.25) is 0 Å². The summed E-state index contributed by atoms with van der Waals surface area (Å²) in [5, 5.41) is -0.526. The average Bonchev–Trinajstić information content (AvgIpc) is 2.70. The second kappa shape index (κ2) is 3.94. The molecule has 2 aromatic heterocycles.